The number of unbranched alkanes of at least 4 members (excludes halogenated alkanes) is 1. The summed E-state index contributed by atoms with van der Waals surface area (Å²) in [5.41, 5.74) is -0.827. The number of hydrogen-bond acceptors (Lipinski definition) is 4. The number of nitrogens with zero attached hydrogens (tertiary/aromatic N) is 1. The molecular formula is C13H22N2O4. The van der Waals surface area contributed by atoms with Gasteiger partial charge in [0.2, 0.25) is 5.88 Å². The molecule has 0 saturated carbocycles. The van der Waals surface area contributed by atoms with Gasteiger partial charge in [-0.3, -0.25) is 14.3 Å². The topological polar surface area (TPSA) is 84.3 Å². The Bertz CT molecular complexity index is 516. The van der Waals surface area contributed by atoms with E-state index in [1.165, 1.54) is 4.57 Å². The summed E-state index contributed by atoms with van der Waals surface area (Å²) >= 11 is 0. The minimum Gasteiger partial charge on any atom is -0.494 e. The van der Waals surface area contributed by atoms with Gasteiger partial charge >= 0.3 is 5.69 Å². The number of nitrogens with one attached hydrogen (secondary N) is 1. The summed E-state index contributed by atoms with van der Waals surface area (Å²) in [6, 6.07) is 0. The Hall–Kier alpha value is -1.56. The zero-order valence-electron chi connectivity index (χ0n) is 11.7. The first-order chi connectivity index (χ1) is 8.97. The quantitative estimate of drug-likeness (QED) is 0.724. The zero-order chi connectivity index (χ0) is 14.4. The van der Waals surface area contributed by atoms with Gasteiger partial charge in [-0.1, -0.05) is 6.92 Å². The molecule has 0 aromatic carbocycles. The van der Waals surface area contributed by atoms with E-state index in [0.29, 0.717) is 26.0 Å². The van der Waals surface area contributed by atoms with E-state index in [4.69, 9.17) is 4.74 Å². The summed E-state index contributed by atoms with van der Waals surface area (Å²) in [5.74, 6) is -0.221. The van der Waals surface area contributed by atoms with Gasteiger partial charge in [0, 0.05) is 13.2 Å². The van der Waals surface area contributed by atoms with Gasteiger partial charge in [-0.25, -0.2) is 4.79 Å². The van der Waals surface area contributed by atoms with Crippen molar-refractivity contribution < 1.29 is 9.84 Å². The number of ether oxygens (including phenoxy) is 1. The number of aromatic amines is 1. The van der Waals surface area contributed by atoms with Crippen molar-refractivity contribution in [2.24, 2.45) is 0 Å². The Labute approximate surface area is 112 Å². The van der Waals surface area contributed by atoms with Crippen molar-refractivity contribution in [1.29, 1.82) is 0 Å². The van der Waals surface area contributed by atoms with Crippen LogP contribution >= 0.6 is 0 Å². The van der Waals surface area contributed by atoms with Crippen molar-refractivity contribution in [2.45, 2.75) is 52.7 Å². The van der Waals surface area contributed by atoms with Gasteiger partial charge in [-0.05, 0) is 33.1 Å². The van der Waals surface area contributed by atoms with Crippen LogP contribution in [-0.4, -0.2) is 27.4 Å². The maximum atomic E-state index is 11.6. The van der Waals surface area contributed by atoms with Gasteiger partial charge < -0.3 is 9.84 Å². The fourth-order valence-electron chi connectivity index (χ4n) is 1.82. The summed E-state index contributed by atoms with van der Waals surface area (Å²) in [7, 11) is 0. The molecule has 0 fully saturated rings. The second-order valence-electron chi connectivity index (χ2n) is 4.69. The molecular weight excluding hydrogens is 248 g/mol. The second kappa shape index (κ2) is 7.13. The highest BCUT2D eigenvalue weighted by Crippen LogP contribution is 2.11. The minimum absolute atomic E-state index is 0.191. The highest BCUT2D eigenvalue weighted by atomic mass is 16.5. The lowest BCUT2D eigenvalue weighted by atomic mass is 10.2. The normalized spacial score (nSPS) is 11.2. The average molecular weight is 270 g/mol. The molecule has 1 heterocycles. The van der Waals surface area contributed by atoms with E-state index in [1.54, 1.807) is 6.92 Å². The molecule has 0 aliphatic heterocycles. The van der Waals surface area contributed by atoms with Crippen LogP contribution in [0.25, 0.3) is 0 Å². The Morgan fingerprint density at radius 2 is 2.00 bits per heavy atom. The summed E-state index contributed by atoms with van der Waals surface area (Å²) in [6.45, 7) is 6.68. The lowest BCUT2D eigenvalue weighted by Gasteiger charge is -2.11. The maximum Gasteiger partial charge on any atom is 0.331 e. The Balaban J connectivity index is 2.69. The van der Waals surface area contributed by atoms with Crippen LogP contribution in [0.3, 0.4) is 0 Å². The molecule has 0 unspecified atom stereocenters. The number of rotatable bonds is 7. The minimum atomic E-state index is -0.565. The molecule has 0 bridgehead atoms. The van der Waals surface area contributed by atoms with Crippen molar-refractivity contribution in [3.05, 3.63) is 26.4 Å². The van der Waals surface area contributed by atoms with Crippen LogP contribution in [0.15, 0.2) is 9.59 Å². The molecule has 0 spiro atoms. The first-order valence-electron chi connectivity index (χ1n) is 6.64. The SMILES string of the molecule is CCc1c(O)n(CCCCOC(C)C)c(=O)[nH]c1=O. The van der Waals surface area contributed by atoms with Gasteiger partial charge in [0.05, 0.1) is 11.7 Å². The monoisotopic (exact) mass is 270 g/mol. The summed E-state index contributed by atoms with van der Waals surface area (Å²) in [4.78, 5) is 25.3. The third-order valence-electron chi connectivity index (χ3n) is 2.85. The molecule has 0 atom stereocenters. The molecule has 0 aliphatic rings. The van der Waals surface area contributed by atoms with Gasteiger partial charge in [0.1, 0.15) is 0 Å². The van der Waals surface area contributed by atoms with E-state index in [0.717, 1.165) is 6.42 Å². The largest absolute Gasteiger partial charge is 0.494 e. The Morgan fingerprint density at radius 1 is 1.32 bits per heavy atom. The number of H-pyrrole nitrogens is 1. The second-order valence-corrected chi connectivity index (χ2v) is 4.69. The van der Waals surface area contributed by atoms with E-state index in [9.17, 15) is 14.7 Å². The van der Waals surface area contributed by atoms with E-state index < -0.39 is 11.2 Å². The van der Waals surface area contributed by atoms with Crippen molar-refractivity contribution in [2.75, 3.05) is 6.61 Å². The number of aromatic hydroxyl groups is 1. The van der Waals surface area contributed by atoms with E-state index in [1.807, 2.05) is 13.8 Å². The van der Waals surface area contributed by atoms with E-state index in [-0.39, 0.29) is 17.5 Å². The highest BCUT2D eigenvalue weighted by molar-refractivity contribution is 5.22. The van der Waals surface area contributed by atoms with Gasteiger partial charge in [0.25, 0.3) is 5.56 Å². The lowest BCUT2D eigenvalue weighted by Crippen LogP contribution is -2.32. The van der Waals surface area contributed by atoms with Crippen molar-refractivity contribution >= 4 is 0 Å². The zero-order valence-corrected chi connectivity index (χ0v) is 11.7. The number of aromatic nitrogens is 2. The van der Waals surface area contributed by atoms with Crippen LogP contribution < -0.4 is 11.2 Å². The molecule has 6 heteroatoms. The first kappa shape index (κ1) is 15.5. The molecule has 0 radical (unpaired) electrons. The van der Waals surface area contributed by atoms with Crippen LogP contribution in [0.2, 0.25) is 0 Å². The molecule has 0 aliphatic carbocycles. The highest BCUT2D eigenvalue weighted by Gasteiger charge is 2.11. The molecule has 108 valence electrons. The third-order valence-corrected chi connectivity index (χ3v) is 2.85. The summed E-state index contributed by atoms with van der Waals surface area (Å²) in [6.07, 6.45) is 2.08. The Kier molecular flexibility index (Phi) is 5.82. The van der Waals surface area contributed by atoms with Crippen LogP contribution in [0.1, 0.15) is 39.2 Å². The molecule has 0 saturated heterocycles. The molecule has 6 nitrogen and oxygen atoms in total. The molecule has 0 amide bonds. The summed E-state index contributed by atoms with van der Waals surface area (Å²) in [5, 5.41) is 9.91. The van der Waals surface area contributed by atoms with Crippen LogP contribution in [0, 0.1) is 0 Å². The van der Waals surface area contributed by atoms with E-state index in [2.05, 4.69) is 4.98 Å². The van der Waals surface area contributed by atoms with Crippen LogP contribution in [-0.2, 0) is 17.7 Å². The van der Waals surface area contributed by atoms with Gasteiger partial charge in [-0.2, -0.15) is 0 Å². The molecule has 2 N–H and O–H groups in total. The van der Waals surface area contributed by atoms with Gasteiger partial charge in [0.15, 0.2) is 0 Å². The predicted molar refractivity (Wildman–Crippen MR) is 72.7 cm³/mol. The fourth-order valence-corrected chi connectivity index (χ4v) is 1.82. The fraction of sp³-hybridized carbons (Fsp3) is 0.692. The van der Waals surface area contributed by atoms with Crippen molar-refractivity contribution in [3.8, 4) is 5.88 Å². The standard InChI is InChI=1S/C13H22N2O4/c1-4-10-11(16)14-13(18)15(12(10)17)7-5-6-8-19-9(2)3/h9,17H,4-8H2,1-3H3,(H,14,16,18). The van der Waals surface area contributed by atoms with Crippen molar-refractivity contribution in [1.82, 2.24) is 9.55 Å². The molecule has 1 aromatic rings. The number of hydrogen-bond donors (Lipinski definition) is 2. The van der Waals surface area contributed by atoms with Crippen LogP contribution in [0.5, 0.6) is 5.88 Å². The third kappa shape index (κ3) is 4.24. The Morgan fingerprint density at radius 3 is 2.58 bits per heavy atom. The first-order valence-corrected chi connectivity index (χ1v) is 6.64. The average Bonchev–Trinajstić information content (AvgIpc) is 2.32. The molecule has 19 heavy (non-hydrogen) atoms. The van der Waals surface area contributed by atoms with Crippen LogP contribution in [0.4, 0.5) is 0 Å². The van der Waals surface area contributed by atoms with E-state index >= 15 is 0 Å². The summed E-state index contributed by atoms with van der Waals surface area (Å²) < 4.78 is 6.60. The van der Waals surface area contributed by atoms with Crippen molar-refractivity contribution in [3.63, 3.8) is 0 Å². The predicted octanol–water partition coefficient (Wildman–Crippen LogP) is 1.01. The van der Waals surface area contributed by atoms with Gasteiger partial charge in [-0.15, -0.1) is 0 Å². The lowest BCUT2D eigenvalue weighted by molar-refractivity contribution is 0.0752. The molecule has 1 aromatic heterocycles. The maximum absolute atomic E-state index is 11.6. The molecule has 1 rings (SSSR count). The smallest absolute Gasteiger partial charge is 0.331 e.